The highest BCUT2D eigenvalue weighted by molar-refractivity contribution is 5.94. The molecule has 0 spiro atoms. The first-order chi connectivity index (χ1) is 11.5. The van der Waals surface area contributed by atoms with Gasteiger partial charge < -0.3 is 14.6 Å². The zero-order valence-electron chi connectivity index (χ0n) is 14.1. The van der Waals surface area contributed by atoms with Crippen molar-refractivity contribution in [2.24, 2.45) is 0 Å². The van der Waals surface area contributed by atoms with Crippen LogP contribution in [0.25, 0.3) is 11.0 Å². The Hall–Kier alpha value is -2.82. The van der Waals surface area contributed by atoms with Gasteiger partial charge >= 0.3 is 0 Å². The van der Waals surface area contributed by atoms with Crippen molar-refractivity contribution in [3.63, 3.8) is 0 Å². The smallest absolute Gasteiger partial charge is 0.262 e. The average molecular weight is 323 g/mol. The molecule has 0 bridgehead atoms. The fraction of sp³-hybridized carbons (Fsp3) is 0.263. The van der Waals surface area contributed by atoms with Crippen LogP contribution < -0.4 is 10.1 Å². The largest absolute Gasteiger partial charge is 0.484 e. The fourth-order valence-corrected chi connectivity index (χ4v) is 2.81. The van der Waals surface area contributed by atoms with Gasteiger partial charge in [-0.1, -0.05) is 18.2 Å². The molecule has 0 aliphatic rings. The predicted molar refractivity (Wildman–Crippen MR) is 95.4 cm³/mol. The number of para-hydroxylation sites is 1. The number of carbonyl (C=O) groups excluding carboxylic acids is 1. The van der Waals surface area contributed by atoms with E-state index in [-0.39, 0.29) is 12.5 Å². The highest BCUT2D eigenvalue weighted by atomic mass is 16.5. The molecule has 0 atom stereocenters. The molecule has 0 saturated heterocycles. The lowest BCUT2D eigenvalue weighted by atomic mass is 10.2. The van der Waals surface area contributed by atoms with Crippen molar-refractivity contribution >= 4 is 22.6 Å². The van der Waals surface area contributed by atoms with E-state index in [2.05, 4.69) is 28.7 Å². The molecule has 0 aliphatic carbocycles. The van der Waals surface area contributed by atoms with Crippen LogP contribution >= 0.6 is 0 Å². The third kappa shape index (κ3) is 3.40. The summed E-state index contributed by atoms with van der Waals surface area (Å²) in [5.41, 5.74) is 2.67. The molecule has 5 heteroatoms. The number of anilines is 1. The number of imidazole rings is 1. The van der Waals surface area contributed by atoms with E-state index < -0.39 is 0 Å². The van der Waals surface area contributed by atoms with Gasteiger partial charge in [0.2, 0.25) is 0 Å². The number of carbonyl (C=O) groups is 1. The second-order valence-corrected chi connectivity index (χ2v) is 5.98. The lowest BCUT2D eigenvalue weighted by molar-refractivity contribution is -0.118. The van der Waals surface area contributed by atoms with E-state index in [9.17, 15) is 4.79 Å². The Bertz CT molecular complexity index is 854. The van der Waals surface area contributed by atoms with Crippen molar-refractivity contribution in [2.75, 3.05) is 11.9 Å². The van der Waals surface area contributed by atoms with Gasteiger partial charge in [0.25, 0.3) is 5.91 Å². The lowest BCUT2D eigenvalue weighted by Gasteiger charge is -2.11. The van der Waals surface area contributed by atoms with E-state index in [0.29, 0.717) is 11.8 Å². The molecule has 1 aromatic heterocycles. The number of hydrogen-bond acceptors (Lipinski definition) is 3. The number of benzene rings is 2. The predicted octanol–water partition coefficient (Wildman–Crippen LogP) is 3.94. The number of fused-ring (bicyclic) bond motifs is 1. The highest BCUT2D eigenvalue weighted by Gasteiger charge is 2.11. The molecule has 0 saturated carbocycles. The van der Waals surface area contributed by atoms with Gasteiger partial charge in [0, 0.05) is 11.7 Å². The van der Waals surface area contributed by atoms with Crippen LogP contribution in [-0.2, 0) is 4.79 Å². The summed E-state index contributed by atoms with van der Waals surface area (Å²) in [6.45, 7) is 6.23. The Morgan fingerprint density at radius 3 is 2.67 bits per heavy atom. The minimum absolute atomic E-state index is 0.0263. The van der Waals surface area contributed by atoms with Gasteiger partial charge in [-0.3, -0.25) is 4.79 Å². The van der Waals surface area contributed by atoms with Gasteiger partial charge in [-0.15, -0.1) is 0 Å². The van der Waals surface area contributed by atoms with Gasteiger partial charge in [0.05, 0.1) is 11.0 Å². The van der Waals surface area contributed by atoms with Crippen molar-refractivity contribution in [1.29, 1.82) is 0 Å². The molecule has 3 rings (SSSR count). The molecular formula is C19H21N3O2. The van der Waals surface area contributed by atoms with Crippen LogP contribution in [0.4, 0.5) is 5.69 Å². The minimum atomic E-state index is -0.196. The Balaban J connectivity index is 1.70. The van der Waals surface area contributed by atoms with Crippen LogP contribution in [0.3, 0.4) is 0 Å². The number of nitrogens with zero attached hydrogens (tertiary/aromatic N) is 2. The van der Waals surface area contributed by atoms with Crippen LogP contribution in [-0.4, -0.2) is 22.1 Å². The van der Waals surface area contributed by atoms with E-state index in [0.717, 1.165) is 22.5 Å². The molecule has 1 heterocycles. The zero-order valence-corrected chi connectivity index (χ0v) is 14.1. The fourth-order valence-electron chi connectivity index (χ4n) is 2.81. The van der Waals surface area contributed by atoms with E-state index in [1.54, 1.807) is 0 Å². The maximum Gasteiger partial charge on any atom is 0.262 e. The quantitative estimate of drug-likeness (QED) is 0.773. The molecule has 5 nitrogen and oxygen atoms in total. The average Bonchev–Trinajstić information content (AvgIpc) is 2.89. The molecule has 0 radical (unpaired) electrons. The van der Waals surface area contributed by atoms with Crippen molar-refractivity contribution < 1.29 is 9.53 Å². The van der Waals surface area contributed by atoms with E-state index in [1.165, 1.54) is 0 Å². The highest BCUT2D eigenvalue weighted by Crippen LogP contribution is 2.23. The molecule has 24 heavy (non-hydrogen) atoms. The Morgan fingerprint density at radius 2 is 1.96 bits per heavy atom. The molecular weight excluding hydrogens is 302 g/mol. The number of rotatable bonds is 5. The SMILES string of the molecule is Cc1nc2cc(NC(=O)COc3ccccc3)ccc2n1C(C)C. The van der Waals surface area contributed by atoms with Crippen molar-refractivity contribution in [3.8, 4) is 5.75 Å². The van der Waals surface area contributed by atoms with Crippen LogP contribution in [0, 0.1) is 6.92 Å². The van der Waals surface area contributed by atoms with Crippen LogP contribution in [0.2, 0.25) is 0 Å². The summed E-state index contributed by atoms with van der Waals surface area (Å²) in [5.74, 6) is 1.45. The lowest BCUT2D eigenvalue weighted by Crippen LogP contribution is -2.20. The van der Waals surface area contributed by atoms with E-state index >= 15 is 0 Å². The summed E-state index contributed by atoms with van der Waals surface area (Å²) >= 11 is 0. The number of amides is 1. The third-order valence-electron chi connectivity index (χ3n) is 3.78. The van der Waals surface area contributed by atoms with Gasteiger partial charge in [-0.05, 0) is 51.1 Å². The minimum Gasteiger partial charge on any atom is -0.484 e. The Kier molecular flexibility index (Phi) is 4.51. The topological polar surface area (TPSA) is 56.1 Å². The standard InChI is InChI=1S/C19H21N3O2/c1-13(2)22-14(3)20-17-11-15(9-10-18(17)22)21-19(23)12-24-16-7-5-4-6-8-16/h4-11,13H,12H2,1-3H3,(H,21,23). The Morgan fingerprint density at radius 1 is 1.21 bits per heavy atom. The van der Waals surface area contributed by atoms with Crippen LogP contribution in [0.15, 0.2) is 48.5 Å². The molecule has 124 valence electrons. The van der Waals surface area contributed by atoms with Gasteiger partial charge in [-0.25, -0.2) is 4.98 Å². The van der Waals surface area contributed by atoms with Crippen molar-refractivity contribution in [1.82, 2.24) is 9.55 Å². The number of aromatic nitrogens is 2. The second kappa shape index (κ2) is 6.74. The number of aryl methyl sites for hydroxylation is 1. The number of nitrogens with one attached hydrogen (secondary N) is 1. The zero-order chi connectivity index (χ0) is 17.1. The number of hydrogen-bond donors (Lipinski definition) is 1. The molecule has 1 amide bonds. The summed E-state index contributed by atoms with van der Waals surface area (Å²) in [6, 6.07) is 15.4. The first-order valence-corrected chi connectivity index (χ1v) is 8.01. The molecule has 0 aliphatic heterocycles. The maximum absolute atomic E-state index is 12.0. The maximum atomic E-state index is 12.0. The van der Waals surface area contributed by atoms with E-state index in [1.807, 2.05) is 55.5 Å². The molecule has 0 fully saturated rings. The van der Waals surface area contributed by atoms with Gasteiger partial charge in [-0.2, -0.15) is 0 Å². The monoisotopic (exact) mass is 323 g/mol. The summed E-state index contributed by atoms with van der Waals surface area (Å²) in [5, 5.41) is 2.85. The normalized spacial score (nSPS) is 11.0. The number of ether oxygens (including phenoxy) is 1. The third-order valence-corrected chi connectivity index (χ3v) is 3.78. The van der Waals surface area contributed by atoms with Crippen LogP contribution in [0.5, 0.6) is 5.75 Å². The van der Waals surface area contributed by atoms with Crippen molar-refractivity contribution in [2.45, 2.75) is 26.8 Å². The second-order valence-electron chi connectivity index (χ2n) is 5.98. The molecule has 3 aromatic rings. The Labute approximate surface area is 141 Å². The molecule has 2 aromatic carbocycles. The molecule has 1 N–H and O–H groups in total. The van der Waals surface area contributed by atoms with Crippen LogP contribution in [0.1, 0.15) is 25.7 Å². The van der Waals surface area contributed by atoms with Gasteiger partial charge in [0.1, 0.15) is 11.6 Å². The first kappa shape index (κ1) is 16.1. The summed E-state index contributed by atoms with van der Waals surface area (Å²) in [7, 11) is 0. The van der Waals surface area contributed by atoms with Crippen molar-refractivity contribution in [3.05, 3.63) is 54.4 Å². The van der Waals surface area contributed by atoms with Gasteiger partial charge in [0.15, 0.2) is 6.61 Å². The molecule has 0 unspecified atom stereocenters. The first-order valence-electron chi connectivity index (χ1n) is 8.01. The van der Waals surface area contributed by atoms with E-state index in [4.69, 9.17) is 4.74 Å². The summed E-state index contributed by atoms with van der Waals surface area (Å²) < 4.78 is 7.63. The summed E-state index contributed by atoms with van der Waals surface area (Å²) in [6.07, 6.45) is 0. The summed E-state index contributed by atoms with van der Waals surface area (Å²) in [4.78, 5) is 16.6.